The predicted molar refractivity (Wildman–Crippen MR) is 151 cm³/mol. The number of nitrogens with two attached hydrogens (primary N) is 1. The number of rotatable bonds is 9. The molecule has 2 aromatic rings. The van der Waals surface area contributed by atoms with E-state index in [9.17, 15) is 24.6 Å². The Kier molecular flexibility index (Phi) is 8.38. The number of hydrogen-bond acceptors (Lipinski definition) is 11. The van der Waals surface area contributed by atoms with Crippen molar-refractivity contribution in [3.8, 4) is 0 Å². The molecule has 5 N–H and O–H groups in total. The van der Waals surface area contributed by atoms with Crippen LogP contribution in [0.1, 0.15) is 63.4 Å². The lowest BCUT2D eigenvalue weighted by Crippen LogP contribution is -2.43. The summed E-state index contributed by atoms with van der Waals surface area (Å²) in [4.78, 5) is 53.5. The average Bonchev–Trinajstić information content (AvgIpc) is 3.51. The van der Waals surface area contributed by atoms with Gasteiger partial charge in [-0.25, -0.2) is 19.7 Å². The molecule has 3 saturated heterocycles. The highest BCUT2D eigenvalue weighted by Gasteiger charge is 2.48. The van der Waals surface area contributed by atoms with Crippen molar-refractivity contribution in [3.63, 3.8) is 0 Å². The summed E-state index contributed by atoms with van der Waals surface area (Å²) in [6.07, 6.45) is 3.17. The lowest BCUT2D eigenvalue weighted by Gasteiger charge is -2.32. The molecule has 0 aromatic carbocycles. The maximum atomic E-state index is 12.5. The van der Waals surface area contributed by atoms with Crippen LogP contribution in [0.25, 0.3) is 11.2 Å². The number of likely N-dealkylation sites (N-methyl/N-ethyl adjacent to an activating group) is 1. The average molecular weight is 601 g/mol. The lowest BCUT2D eigenvalue weighted by molar-refractivity contribution is -0.137. The van der Waals surface area contributed by atoms with E-state index in [0.717, 1.165) is 38.5 Å². The first-order valence-electron chi connectivity index (χ1n) is 15.2. The third kappa shape index (κ3) is 6.24. The minimum Gasteiger partial charge on any atom is -0.447 e. The molecule has 3 amide bonds. The summed E-state index contributed by atoms with van der Waals surface area (Å²) in [7, 11) is 1.75. The van der Waals surface area contributed by atoms with Crippen LogP contribution in [0.5, 0.6) is 0 Å². The van der Waals surface area contributed by atoms with Gasteiger partial charge in [-0.05, 0) is 50.9 Å². The Hall–Kier alpha value is -3.56. The number of nitrogens with zero attached hydrogens (tertiary/aromatic N) is 6. The number of amides is 3. The van der Waals surface area contributed by atoms with E-state index in [2.05, 4.69) is 20.3 Å². The van der Waals surface area contributed by atoms with Gasteiger partial charge in [0.2, 0.25) is 5.91 Å². The van der Waals surface area contributed by atoms with Gasteiger partial charge in [0.1, 0.15) is 30.2 Å². The highest BCUT2D eigenvalue weighted by Crippen LogP contribution is 2.33. The molecule has 2 aromatic heterocycles. The van der Waals surface area contributed by atoms with E-state index < -0.39 is 30.4 Å². The van der Waals surface area contributed by atoms with Gasteiger partial charge < -0.3 is 40.5 Å². The quantitative estimate of drug-likeness (QED) is 0.304. The molecule has 1 aliphatic carbocycles. The van der Waals surface area contributed by atoms with Gasteiger partial charge in [-0.2, -0.15) is 0 Å². The Morgan fingerprint density at radius 2 is 1.91 bits per heavy atom. The fraction of sp³-hybridized carbons (Fsp3) is 0.714. The molecule has 4 fully saturated rings. The van der Waals surface area contributed by atoms with Gasteiger partial charge in [-0.15, -0.1) is 0 Å². The molecule has 6 rings (SSSR count). The van der Waals surface area contributed by atoms with E-state index in [0.29, 0.717) is 55.3 Å². The third-order valence-corrected chi connectivity index (χ3v) is 9.11. The molecule has 15 heteroatoms. The molecule has 0 radical (unpaired) electrons. The minimum absolute atomic E-state index is 0.0409. The normalized spacial score (nSPS) is 28.2. The van der Waals surface area contributed by atoms with Crippen molar-refractivity contribution in [1.29, 1.82) is 0 Å². The number of piperidine rings is 1. The van der Waals surface area contributed by atoms with E-state index >= 15 is 0 Å². The standard InChI is InChI=1S/C28H40N8O7/c1-34-17(7-8-19(34)37)13-42-28(41)35-11-9-15(10-12-35)3-2-4-18-32-24(29)20-25(33-18)36(14-30-20)27-22(39)21(38)23(43-27)26(40)31-16-5-6-16/h14-17,21-23,27,38-39H,2-13H2,1H3,(H,31,40)(H2,29,32,33)/t17?,21-,22?,23+,27-/m1/s1. The highest BCUT2D eigenvalue weighted by molar-refractivity contribution is 5.83. The number of imidazole rings is 1. The van der Waals surface area contributed by atoms with Gasteiger partial charge in [-0.3, -0.25) is 14.2 Å². The lowest BCUT2D eigenvalue weighted by atomic mass is 9.91. The van der Waals surface area contributed by atoms with E-state index in [-0.39, 0.29) is 36.5 Å². The molecule has 5 atom stereocenters. The van der Waals surface area contributed by atoms with Gasteiger partial charge in [-0.1, -0.05) is 0 Å². The van der Waals surface area contributed by atoms with Gasteiger partial charge in [0.15, 0.2) is 23.8 Å². The summed E-state index contributed by atoms with van der Waals surface area (Å²) >= 11 is 0. The topological polar surface area (TPSA) is 198 Å². The van der Waals surface area contributed by atoms with Crippen molar-refractivity contribution in [2.45, 2.75) is 94.4 Å². The van der Waals surface area contributed by atoms with Crippen LogP contribution in [-0.2, 0) is 25.5 Å². The first kappa shape index (κ1) is 29.5. The number of likely N-dealkylation sites (tertiary alicyclic amines) is 2. The van der Waals surface area contributed by atoms with Crippen LogP contribution in [0.2, 0.25) is 0 Å². The van der Waals surface area contributed by atoms with Crippen molar-refractivity contribution in [2.75, 3.05) is 32.5 Å². The van der Waals surface area contributed by atoms with Crippen molar-refractivity contribution >= 4 is 34.9 Å². The van der Waals surface area contributed by atoms with E-state index in [1.807, 2.05) is 0 Å². The molecular formula is C28H40N8O7. The number of aliphatic hydroxyl groups is 2. The van der Waals surface area contributed by atoms with Crippen LogP contribution in [-0.4, -0.2) is 115 Å². The van der Waals surface area contributed by atoms with Crippen molar-refractivity contribution < 1.29 is 34.1 Å². The number of ether oxygens (including phenoxy) is 2. The minimum atomic E-state index is -1.40. The number of carbonyl (C=O) groups excluding carboxylic acids is 3. The van der Waals surface area contributed by atoms with Gasteiger partial charge >= 0.3 is 6.09 Å². The smallest absolute Gasteiger partial charge is 0.409 e. The van der Waals surface area contributed by atoms with Crippen LogP contribution >= 0.6 is 0 Å². The van der Waals surface area contributed by atoms with Crippen LogP contribution in [0.15, 0.2) is 6.33 Å². The van der Waals surface area contributed by atoms with Crippen LogP contribution < -0.4 is 11.1 Å². The number of nitrogen functional groups attached to an aromatic ring is 1. The number of aryl methyl sites for hydroxylation is 1. The summed E-state index contributed by atoms with van der Waals surface area (Å²) < 4.78 is 12.8. The number of nitrogens with one attached hydrogen (secondary N) is 1. The Balaban J connectivity index is 0.999. The molecular weight excluding hydrogens is 560 g/mol. The summed E-state index contributed by atoms with van der Waals surface area (Å²) in [6, 6.07) is 0.0522. The summed E-state index contributed by atoms with van der Waals surface area (Å²) in [5.41, 5.74) is 6.91. The number of aliphatic hydroxyl groups excluding tert-OH is 2. The number of anilines is 1. The zero-order valence-electron chi connectivity index (χ0n) is 24.3. The predicted octanol–water partition coefficient (Wildman–Crippen LogP) is 0.0984. The molecule has 0 bridgehead atoms. The Labute approximate surface area is 248 Å². The first-order chi connectivity index (χ1) is 20.7. The van der Waals surface area contributed by atoms with Gasteiger partial charge in [0.05, 0.1) is 12.4 Å². The highest BCUT2D eigenvalue weighted by atomic mass is 16.6. The molecule has 43 heavy (non-hydrogen) atoms. The Morgan fingerprint density at radius 3 is 2.60 bits per heavy atom. The first-order valence-corrected chi connectivity index (χ1v) is 15.2. The largest absolute Gasteiger partial charge is 0.447 e. The summed E-state index contributed by atoms with van der Waals surface area (Å²) in [6.45, 7) is 1.50. The zero-order valence-corrected chi connectivity index (χ0v) is 24.3. The second-order valence-electron chi connectivity index (χ2n) is 12.2. The molecule has 5 heterocycles. The van der Waals surface area contributed by atoms with E-state index in [4.69, 9.17) is 15.2 Å². The van der Waals surface area contributed by atoms with E-state index in [1.54, 1.807) is 16.8 Å². The van der Waals surface area contributed by atoms with Crippen LogP contribution in [0.4, 0.5) is 10.6 Å². The maximum Gasteiger partial charge on any atom is 0.409 e. The second-order valence-corrected chi connectivity index (χ2v) is 12.2. The maximum absolute atomic E-state index is 12.5. The number of aromatic nitrogens is 4. The molecule has 3 aliphatic heterocycles. The molecule has 0 spiro atoms. The van der Waals surface area contributed by atoms with E-state index in [1.165, 1.54) is 10.9 Å². The fourth-order valence-corrected chi connectivity index (χ4v) is 6.17. The molecule has 1 saturated carbocycles. The van der Waals surface area contributed by atoms with Crippen molar-refractivity contribution in [2.24, 2.45) is 5.92 Å². The molecule has 15 nitrogen and oxygen atoms in total. The van der Waals surface area contributed by atoms with Gasteiger partial charge in [0, 0.05) is 39.0 Å². The second kappa shape index (κ2) is 12.2. The van der Waals surface area contributed by atoms with Crippen molar-refractivity contribution in [3.05, 3.63) is 12.2 Å². The van der Waals surface area contributed by atoms with Gasteiger partial charge in [0.25, 0.3) is 5.91 Å². The Morgan fingerprint density at radius 1 is 1.14 bits per heavy atom. The van der Waals surface area contributed by atoms with Crippen molar-refractivity contribution in [1.82, 2.24) is 34.6 Å². The third-order valence-electron chi connectivity index (χ3n) is 9.11. The number of hydrogen-bond donors (Lipinski definition) is 4. The van der Waals surface area contributed by atoms with Crippen LogP contribution in [0.3, 0.4) is 0 Å². The molecule has 2 unspecified atom stereocenters. The molecule has 4 aliphatic rings. The zero-order chi connectivity index (χ0) is 30.2. The monoisotopic (exact) mass is 600 g/mol. The SMILES string of the molecule is CN1C(=O)CCC1COC(=O)N1CCC(CCCc2nc(N)c3ncn([C@@H]4O[C@H](C(=O)NC5CC5)[C@H](O)C4O)c3n2)CC1. The number of carbonyl (C=O) groups is 3. The fourth-order valence-electron chi connectivity index (χ4n) is 6.17. The molecule has 234 valence electrons. The Bertz CT molecular complexity index is 1360. The van der Waals surface area contributed by atoms with Crippen LogP contribution in [0, 0.1) is 5.92 Å². The summed E-state index contributed by atoms with van der Waals surface area (Å²) in [5.74, 6) is 0.823. The number of fused-ring (bicyclic) bond motifs is 1. The summed E-state index contributed by atoms with van der Waals surface area (Å²) in [5, 5.41) is 24.0.